The van der Waals surface area contributed by atoms with E-state index in [4.69, 9.17) is 21.1 Å². The molecule has 0 unspecified atom stereocenters. The number of rotatable bonds is 3. The average Bonchev–Trinajstić information content (AvgIpc) is 2.45. The minimum absolute atomic E-state index is 0.0251. The average molecular weight is 391 g/mol. The van der Waals surface area contributed by atoms with Gasteiger partial charge in [-0.3, -0.25) is 4.79 Å². The van der Waals surface area contributed by atoms with E-state index in [9.17, 15) is 9.59 Å². The number of carbonyl (C=O) groups is 2. The van der Waals surface area contributed by atoms with Gasteiger partial charge in [0, 0.05) is 17.6 Å². The first-order valence-electron chi connectivity index (χ1n) is 6.92. The van der Waals surface area contributed by atoms with Crippen molar-refractivity contribution in [3.63, 3.8) is 0 Å². The van der Waals surface area contributed by atoms with Gasteiger partial charge in [-0.2, -0.15) is 0 Å². The summed E-state index contributed by atoms with van der Waals surface area (Å²) >= 11 is 9.22. The molecule has 0 radical (unpaired) electrons. The first-order chi connectivity index (χ1) is 10.4. The van der Waals surface area contributed by atoms with E-state index in [1.54, 1.807) is 23.1 Å². The van der Waals surface area contributed by atoms with Gasteiger partial charge in [0.25, 0.3) is 5.91 Å². The van der Waals surface area contributed by atoms with Crippen LogP contribution in [0.15, 0.2) is 22.7 Å². The highest BCUT2D eigenvalue weighted by molar-refractivity contribution is 9.10. The number of carbonyl (C=O) groups excluding carboxylic acids is 2. The summed E-state index contributed by atoms with van der Waals surface area (Å²) in [6, 6.07) is 4.88. The maximum absolute atomic E-state index is 12.1. The number of amides is 1. The van der Waals surface area contributed by atoms with Gasteiger partial charge in [-0.1, -0.05) is 27.5 Å². The molecule has 0 N–H and O–H groups in total. The summed E-state index contributed by atoms with van der Waals surface area (Å²) in [4.78, 5) is 25.8. The molecule has 0 spiro atoms. The maximum Gasteiger partial charge on any atom is 0.340 e. The Morgan fingerprint density at radius 1 is 1.36 bits per heavy atom. The number of hydrogen-bond acceptors (Lipinski definition) is 4. The summed E-state index contributed by atoms with van der Waals surface area (Å²) in [5.74, 6) is -0.851. The molecule has 5 nitrogen and oxygen atoms in total. The van der Waals surface area contributed by atoms with Gasteiger partial charge < -0.3 is 14.4 Å². The van der Waals surface area contributed by atoms with Crippen LogP contribution in [-0.2, 0) is 14.3 Å². The lowest BCUT2D eigenvalue weighted by Gasteiger charge is -2.35. The zero-order valence-corrected chi connectivity index (χ0v) is 14.7. The SMILES string of the molecule is C[C@H]1CN(C(=O)COC(=O)c2cc(Br)ccc2Cl)C[C@H](C)O1. The number of ether oxygens (including phenoxy) is 2. The second-order valence-electron chi connectivity index (χ2n) is 5.26. The number of morpholine rings is 1. The number of benzene rings is 1. The van der Waals surface area contributed by atoms with E-state index in [0.29, 0.717) is 17.6 Å². The van der Waals surface area contributed by atoms with Crippen LogP contribution in [0.1, 0.15) is 24.2 Å². The van der Waals surface area contributed by atoms with Crippen molar-refractivity contribution < 1.29 is 19.1 Å². The summed E-state index contributed by atoms with van der Waals surface area (Å²) < 4.78 is 11.4. The molecule has 0 aliphatic carbocycles. The molecule has 2 rings (SSSR count). The molecule has 1 saturated heterocycles. The maximum atomic E-state index is 12.1. The first kappa shape index (κ1) is 17.2. The van der Waals surface area contributed by atoms with Crippen LogP contribution in [0.4, 0.5) is 0 Å². The van der Waals surface area contributed by atoms with Crippen molar-refractivity contribution in [2.24, 2.45) is 0 Å². The largest absolute Gasteiger partial charge is 0.452 e. The molecule has 0 saturated carbocycles. The quantitative estimate of drug-likeness (QED) is 0.745. The molecule has 1 aliphatic rings. The Labute approximate surface area is 142 Å². The fraction of sp³-hybridized carbons (Fsp3) is 0.467. The Balaban J connectivity index is 1.93. The Bertz CT molecular complexity index is 571. The second kappa shape index (κ2) is 7.44. The van der Waals surface area contributed by atoms with Crippen molar-refractivity contribution in [3.05, 3.63) is 33.3 Å². The van der Waals surface area contributed by atoms with Crippen LogP contribution in [-0.4, -0.2) is 48.7 Å². The van der Waals surface area contributed by atoms with E-state index in [0.717, 1.165) is 0 Å². The molecule has 120 valence electrons. The molecule has 0 bridgehead atoms. The molecule has 7 heteroatoms. The van der Waals surface area contributed by atoms with Crippen molar-refractivity contribution >= 4 is 39.4 Å². The van der Waals surface area contributed by atoms with Crippen molar-refractivity contribution in [2.45, 2.75) is 26.1 Å². The molecule has 2 atom stereocenters. The lowest BCUT2D eigenvalue weighted by molar-refractivity contribution is -0.146. The van der Waals surface area contributed by atoms with E-state index in [2.05, 4.69) is 15.9 Å². The second-order valence-corrected chi connectivity index (χ2v) is 6.58. The van der Waals surface area contributed by atoms with E-state index in [1.165, 1.54) is 0 Å². The molecule has 0 aromatic heterocycles. The summed E-state index contributed by atoms with van der Waals surface area (Å²) in [6.07, 6.45) is -0.0501. The Morgan fingerprint density at radius 3 is 2.64 bits per heavy atom. The fourth-order valence-corrected chi connectivity index (χ4v) is 2.89. The smallest absolute Gasteiger partial charge is 0.340 e. The highest BCUT2D eigenvalue weighted by Gasteiger charge is 2.26. The van der Waals surface area contributed by atoms with Crippen LogP contribution < -0.4 is 0 Å². The molecular formula is C15H17BrClNO4. The van der Waals surface area contributed by atoms with Gasteiger partial charge in [0.05, 0.1) is 22.8 Å². The van der Waals surface area contributed by atoms with Crippen LogP contribution in [0.5, 0.6) is 0 Å². The van der Waals surface area contributed by atoms with Crippen LogP contribution in [0.3, 0.4) is 0 Å². The number of hydrogen-bond donors (Lipinski definition) is 0. The fourth-order valence-electron chi connectivity index (χ4n) is 2.33. The predicted molar refractivity (Wildman–Crippen MR) is 86.0 cm³/mol. The first-order valence-corrected chi connectivity index (χ1v) is 8.09. The van der Waals surface area contributed by atoms with Gasteiger partial charge in [-0.25, -0.2) is 4.79 Å². The van der Waals surface area contributed by atoms with Gasteiger partial charge >= 0.3 is 5.97 Å². The van der Waals surface area contributed by atoms with Crippen molar-refractivity contribution in [3.8, 4) is 0 Å². The molecule has 1 heterocycles. The standard InChI is InChI=1S/C15H17BrClNO4/c1-9-6-18(7-10(2)22-9)14(19)8-21-15(20)12-5-11(16)3-4-13(12)17/h3-5,9-10H,6-8H2,1-2H3/t9-,10-/m0/s1. The highest BCUT2D eigenvalue weighted by atomic mass is 79.9. The monoisotopic (exact) mass is 389 g/mol. The van der Waals surface area contributed by atoms with E-state index in [1.807, 2.05) is 13.8 Å². The van der Waals surface area contributed by atoms with E-state index >= 15 is 0 Å². The number of nitrogens with zero attached hydrogens (tertiary/aromatic N) is 1. The predicted octanol–water partition coefficient (Wildman–Crippen LogP) is 2.90. The summed E-state index contributed by atoms with van der Waals surface area (Å²) in [7, 11) is 0. The topological polar surface area (TPSA) is 55.8 Å². The Hall–Kier alpha value is -1.11. The van der Waals surface area contributed by atoms with Gasteiger partial charge in [-0.05, 0) is 32.0 Å². The van der Waals surface area contributed by atoms with Crippen LogP contribution >= 0.6 is 27.5 Å². The van der Waals surface area contributed by atoms with Crippen molar-refractivity contribution in [1.82, 2.24) is 4.90 Å². The minimum atomic E-state index is -0.617. The molecule has 22 heavy (non-hydrogen) atoms. The van der Waals surface area contributed by atoms with Crippen LogP contribution in [0.25, 0.3) is 0 Å². The highest BCUT2D eigenvalue weighted by Crippen LogP contribution is 2.21. The van der Waals surface area contributed by atoms with Gasteiger partial charge in [0.15, 0.2) is 6.61 Å². The third-order valence-corrected chi connectivity index (χ3v) is 4.07. The van der Waals surface area contributed by atoms with Crippen LogP contribution in [0, 0.1) is 0 Å². The third-order valence-electron chi connectivity index (χ3n) is 3.25. The Kier molecular flexibility index (Phi) is 5.83. The molecular weight excluding hydrogens is 374 g/mol. The van der Waals surface area contributed by atoms with Crippen molar-refractivity contribution in [1.29, 1.82) is 0 Å². The minimum Gasteiger partial charge on any atom is -0.452 e. The van der Waals surface area contributed by atoms with Gasteiger partial charge in [-0.15, -0.1) is 0 Å². The molecule has 1 fully saturated rings. The molecule has 1 aromatic rings. The Morgan fingerprint density at radius 2 is 2.00 bits per heavy atom. The zero-order valence-electron chi connectivity index (χ0n) is 12.3. The van der Waals surface area contributed by atoms with E-state index in [-0.39, 0.29) is 35.3 Å². The molecule has 1 aliphatic heterocycles. The number of halogens is 2. The lowest BCUT2D eigenvalue weighted by Crippen LogP contribution is -2.49. The molecule has 1 aromatic carbocycles. The summed E-state index contributed by atoms with van der Waals surface area (Å²) in [5, 5.41) is 0.286. The van der Waals surface area contributed by atoms with E-state index < -0.39 is 5.97 Å². The van der Waals surface area contributed by atoms with Crippen LogP contribution in [0.2, 0.25) is 5.02 Å². The number of esters is 1. The lowest BCUT2D eigenvalue weighted by atomic mass is 10.2. The van der Waals surface area contributed by atoms with Gasteiger partial charge in [0.1, 0.15) is 0 Å². The summed E-state index contributed by atoms with van der Waals surface area (Å²) in [6.45, 7) is 4.50. The third kappa shape index (κ3) is 4.44. The van der Waals surface area contributed by atoms with Gasteiger partial charge in [0.2, 0.25) is 0 Å². The van der Waals surface area contributed by atoms with Crippen molar-refractivity contribution in [2.75, 3.05) is 19.7 Å². The normalized spacial score (nSPS) is 21.5. The molecule has 1 amide bonds. The zero-order chi connectivity index (χ0) is 16.3. The summed E-state index contributed by atoms with van der Waals surface area (Å²) in [5.41, 5.74) is 0.229.